The summed E-state index contributed by atoms with van der Waals surface area (Å²) in [6.45, 7) is 1.77. The first-order chi connectivity index (χ1) is 6.76. The van der Waals surface area contributed by atoms with Crippen molar-refractivity contribution in [1.29, 1.82) is 0 Å². The van der Waals surface area contributed by atoms with Gasteiger partial charge in [-0.3, -0.25) is 0 Å². The molecule has 0 atom stereocenters. The maximum atomic E-state index is 11.2. The van der Waals surface area contributed by atoms with Gasteiger partial charge in [0.25, 0.3) is 0 Å². The molecule has 4 heteroatoms. The molecule has 78 valence electrons. The molecule has 0 aromatic heterocycles. The van der Waals surface area contributed by atoms with Crippen molar-refractivity contribution in [3.05, 3.63) is 11.6 Å². The van der Waals surface area contributed by atoms with Crippen molar-refractivity contribution in [2.75, 3.05) is 26.9 Å². The average molecular weight is 198 g/mol. The van der Waals surface area contributed by atoms with E-state index in [2.05, 4.69) is 4.74 Å². The lowest BCUT2D eigenvalue weighted by Gasteiger charge is -2.30. The molecule has 2 rings (SSSR count). The summed E-state index contributed by atoms with van der Waals surface area (Å²) in [5.41, 5.74) is 0.372. The lowest BCUT2D eigenvalue weighted by Crippen LogP contribution is -2.34. The van der Waals surface area contributed by atoms with E-state index in [-0.39, 0.29) is 11.6 Å². The van der Waals surface area contributed by atoms with Gasteiger partial charge in [-0.1, -0.05) is 0 Å². The van der Waals surface area contributed by atoms with Crippen LogP contribution in [0.25, 0.3) is 0 Å². The van der Waals surface area contributed by atoms with Gasteiger partial charge in [0.05, 0.1) is 24.9 Å². The molecule has 1 saturated heterocycles. The molecule has 0 amide bonds. The first-order valence-corrected chi connectivity index (χ1v) is 4.77. The summed E-state index contributed by atoms with van der Waals surface area (Å²) in [6, 6.07) is 0. The molecular formula is C10H14O4. The number of methoxy groups -OCH3 is 1. The van der Waals surface area contributed by atoms with Gasteiger partial charge in [0.15, 0.2) is 0 Å². The zero-order valence-corrected chi connectivity index (χ0v) is 8.25. The Morgan fingerprint density at radius 3 is 2.86 bits per heavy atom. The van der Waals surface area contributed by atoms with Crippen molar-refractivity contribution in [1.82, 2.24) is 0 Å². The van der Waals surface area contributed by atoms with Crippen LogP contribution in [0.15, 0.2) is 11.6 Å². The summed E-state index contributed by atoms with van der Waals surface area (Å²) >= 11 is 0. The summed E-state index contributed by atoms with van der Waals surface area (Å²) in [5.74, 6) is -0.284. The zero-order chi connectivity index (χ0) is 10.0. The Kier molecular flexibility index (Phi) is 2.56. The zero-order valence-electron chi connectivity index (χ0n) is 8.25. The maximum absolute atomic E-state index is 11.2. The van der Waals surface area contributed by atoms with Crippen LogP contribution in [0.3, 0.4) is 0 Å². The van der Waals surface area contributed by atoms with Gasteiger partial charge in [-0.05, 0) is 6.08 Å². The number of hydrogen-bond acceptors (Lipinski definition) is 4. The van der Waals surface area contributed by atoms with E-state index in [1.54, 1.807) is 0 Å². The fourth-order valence-electron chi connectivity index (χ4n) is 1.88. The highest BCUT2D eigenvalue weighted by Gasteiger charge is 2.37. The molecule has 2 aliphatic rings. The van der Waals surface area contributed by atoms with Crippen molar-refractivity contribution in [2.45, 2.75) is 18.4 Å². The van der Waals surface area contributed by atoms with Crippen molar-refractivity contribution < 1.29 is 19.0 Å². The van der Waals surface area contributed by atoms with Crippen molar-refractivity contribution in [3.63, 3.8) is 0 Å². The second-order valence-corrected chi connectivity index (χ2v) is 3.63. The lowest BCUT2D eigenvalue weighted by molar-refractivity contribution is -0.136. The normalized spacial score (nSPS) is 24.8. The van der Waals surface area contributed by atoms with Gasteiger partial charge in [-0.15, -0.1) is 0 Å². The summed E-state index contributed by atoms with van der Waals surface area (Å²) in [7, 11) is 1.39. The summed E-state index contributed by atoms with van der Waals surface area (Å²) in [5, 5.41) is 0. The fourth-order valence-corrected chi connectivity index (χ4v) is 1.88. The quantitative estimate of drug-likeness (QED) is 0.581. The SMILES string of the molecule is COC(=O)C1=CC2(CCOCC2)OC1. The largest absolute Gasteiger partial charge is 0.466 e. The van der Waals surface area contributed by atoms with Crippen LogP contribution in [0.1, 0.15) is 12.8 Å². The van der Waals surface area contributed by atoms with Crippen molar-refractivity contribution in [2.24, 2.45) is 0 Å². The van der Waals surface area contributed by atoms with E-state index in [1.807, 2.05) is 6.08 Å². The molecule has 0 aliphatic carbocycles. The molecular weight excluding hydrogens is 184 g/mol. The number of carbonyl (C=O) groups excluding carboxylic acids is 1. The Morgan fingerprint density at radius 1 is 1.50 bits per heavy atom. The van der Waals surface area contributed by atoms with Gasteiger partial charge < -0.3 is 14.2 Å². The number of esters is 1. The molecule has 0 radical (unpaired) electrons. The van der Waals surface area contributed by atoms with Gasteiger partial charge in [0.1, 0.15) is 0 Å². The third-order valence-electron chi connectivity index (χ3n) is 2.74. The number of ether oxygens (including phenoxy) is 3. The van der Waals surface area contributed by atoms with E-state index >= 15 is 0 Å². The molecule has 0 saturated carbocycles. The molecule has 0 bridgehead atoms. The average Bonchev–Trinajstić information content (AvgIpc) is 2.62. The van der Waals surface area contributed by atoms with Crippen LogP contribution in [0.5, 0.6) is 0 Å². The highest BCUT2D eigenvalue weighted by molar-refractivity contribution is 5.89. The molecule has 0 aromatic carbocycles. The summed E-state index contributed by atoms with van der Waals surface area (Å²) in [6.07, 6.45) is 3.56. The molecule has 1 fully saturated rings. The van der Waals surface area contributed by atoms with E-state index < -0.39 is 0 Å². The molecule has 2 aliphatic heterocycles. The highest BCUT2D eigenvalue weighted by atomic mass is 16.5. The predicted molar refractivity (Wildman–Crippen MR) is 48.8 cm³/mol. The maximum Gasteiger partial charge on any atom is 0.335 e. The molecule has 2 heterocycles. The van der Waals surface area contributed by atoms with E-state index in [9.17, 15) is 4.79 Å². The van der Waals surface area contributed by atoms with Crippen LogP contribution in [0, 0.1) is 0 Å². The Morgan fingerprint density at radius 2 is 2.21 bits per heavy atom. The fraction of sp³-hybridized carbons (Fsp3) is 0.700. The first-order valence-electron chi connectivity index (χ1n) is 4.77. The lowest BCUT2D eigenvalue weighted by atomic mass is 9.94. The minimum atomic E-state index is -0.284. The molecule has 14 heavy (non-hydrogen) atoms. The third kappa shape index (κ3) is 1.67. The van der Waals surface area contributed by atoms with Gasteiger partial charge >= 0.3 is 5.97 Å². The smallest absolute Gasteiger partial charge is 0.335 e. The second-order valence-electron chi connectivity index (χ2n) is 3.63. The Hall–Kier alpha value is -0.870. The monoisotopic (exact) mass is 198 g/mol. The Labute approximate surface area is 82.8 Å². The Bertz CT molecular complexity index is 263. The molecule has 0 aromatic rings. The standard InChI is InChI=1S/C10H14O4/c1-12-9(11)8-6-10(14-7-8)2-4-13-5-3-10/h6H,2-5,7H2,1H3. The minimum absolute atomic E-state index is 0.262. The van der Waals surface area contributed by atoms with Crippen LogP contribution in [-0.2, 0) is 19.0 Å². The third-order valence-corrected chi connectivity index (χ3v) is 2.74. The first kappa shape index (κ1) is 9.68. The molecule has 1 spiro atoms. The number of hydrogen-bond donors (Lipinski definition) is 0. The van der Waals surface area contributed by atoms with E-state index in [0.717, 1.165) is 12.8 Å². The Balaban J connectivity index is 2.09. The highest BCUT2D eigenvalue weighted by Crippen LogP contribution is 2.33. The number of carbonyl (C=O) groups is 1. The second kappa shape index (κ2) is 3.71. The number of rotatable bonds is 1. The van der Waals surface area contributed by atoms with Crippen LogP contribution in [0.4, 0.5) is 0 Å². The van der Waals surface area contributed by atoms with Crippen molar-refractivity contribution in [3.8, 4) is 0 Å². The van der Waals surface area contributed by atoms with Gasteiger partial charge in [-0.25, -0.2) is 4.79 Å². The molecule has 0 unspecified atom stereocenters. The van der Waals surface area contributed by atoms with Crippen molar-refractivity contribution >= 4 is 5.97 Å². The van der Waals surface area contributed by atoms with E-state index in [0.29, 0.717) is 25.4 Å². The topological polar surface area (TPSA) is 44.8 Å². The van der Waals surface area contributed by atoms with E-state index in [4.69, 9.17) is 9.47 Å². The summed E-state index contributed by atoms with van der Waals surface area (Å²) < 4.78 is 15.5. The van der Waals surface area contributed by atoms with Crippen LogP contribution in [0.2, 0.25) is 0 Å². The van der Waals surface area contributed by atoms with Crippen LogP contribution >= 0.6 is 0 Å². The minimum Gasteiger partial charge on any atom is -0.466 e. The summed E-state index contributed by atoms with van der Waals surface area (Å²) in [4.78, 5) is 11.2. The van der Waals surface area contributed by atoms with Gasteiger partial charge in [0, 0.05) is 26.1 Å². The van der Waals surface area contributed by atoms with Gasteiger partial charge in [0.2, 0.25) is 0 Å². The predicted octanol–water partition coefficient (Wildman–Crippen LogP) is 0.665. The van der Waals surface area contributed by atoms with Crippen LogP contribution in [-0.4, -0.2) is 38.5 Å². The molecule has 0 N–H and O–H groups in total. The van der Waals surface area contributed by atoms with E-state index in [1.165, 1.54) is 7.11 Å². The van der Waals surface area contributed by atoms with Gasteiger partial charge in [-0.2, -0.15) is 0 Å². The van der Waals surface area contributed by atoms with Crippen LogP contribution < -0.4 is 0 Å². The molecule has 4 nitrogen and oxygen atoms in total.